The summed E-state index contributed by atoms with van der Waals surface area (Å²) in [7, 11) is 1.91. The summed E-state index contributed by atoms with van der Waals surface area (Å²) in [6, 6.07) is 7.74. The van der Waals surface area contributed by atoms with Gasteiger partial charge in [-0.1, -0.05) is 12.1 Å². The Morgan fingerprint density at radius 2 is 1.95 bits per heavy atom. The van der Waals surface area contributed by atoms with Crippen LogP contribution in [0.25, 0.3) is 10.9 Å². The minimum atomic E-state index is -0.461. The van der Waals surface area contributed by atoms with Gasteiger partial charge in [-0.25, -0.2) is 14.8 Å². The van der Waals surface area contributed by atoms with Crippen LogP contribution in [0.15, 0.2) is 49.2 Å². The lowest BCUT2D eigenvalue weighted by atomic mass is 10.2. The zero-order valence-corrected chi connectivity index (χ0v) is 10.3. The highest BCUT2D eigenvalue weighted by atomic mass is 16.5. The summed E-state index contributed by atoms with van der Waals surface area (Å²) >= 11 is 0. The fourth-order valence-electron chi connectivity index (χ4n) is 1.95. The van der Waals surface area contributed by atoms with Crippen molar-refractivity contribution in [2.45, 2.75) is 0 Å². The number of nitrogens with zero attached hydrogens (tertiary/aromatic N) is 3. The lowest BCUT2D eigenvalue weighted by Gasteiger charge is -2.01. The monoisotopic (exact) mass is 253 g/mol. The van der Waals surface area contributed by atoms with Gasteiger partial charge in [0.2, 0.25) is 0 Å². The number of fused-ring (bicyclic) bond motifs is 1. The first-order valence-corrected chi connectivity index (χ1v) is 5.77. The Hall–Kier alpha value is -2.69. The van der Waals surface area contributed by atoms with Gasteiger partial charge in [-0.15, -0.1) is 0 Å². The van der Waals surface area contributed by atoms with Crippen LogP contribution in [0.2, 0.25) is 0 Å². The van der Waals surface area contributed by atoms with Gasteiger partial charge < -0.3 is 9.30 Å². The lowest BCUT2D eigenvalue weighted by Crippen LogP contribution is -2.08. The molecule has 0 spiro atoms. The van der Waals surface area contributed by atoms with E-state index in [9.17, 15) is 4.79 Å². The second kappa shape index (κ2) is 4.53. The number of benzene rings is 1. The van der Waals surface area contributed by atoms with Gasteiger partial charge in [0.15, 0.2) is 5.75 Å². The second-order valence-electron chi connectivity index (χ2n) is 4.14. The number of hydrogen-bond acceptors (Lipinski definition) is 4. The molecule has 5 heteroatoms. The number of aryl methyl sites for hydroxylation is 1. The molecular weight excluding hydrogens is 242 g/mol. The fraction of sp³-hybridized carbons (Fsp3) is 0.0714. The fourth-order valence-corrected chi connectivity index (χ4v) is 1.95. The van der Waals surface area contributed by atoms with E-state index in [0.717, 1.165) is 10.9 Å². The van der Waals surface area contributed by atoms with Gasteiger partial charge in [0.1, 0.15) is 6.33 Å². The molecule has 0 aliphatic rings. The van der Waals surface area contributed by atoms with Crippen LogP contribution in [0.3, 0.4) is 0 Å². The summed E-state index contributed by atoms with van der Waals surface area (Å²) < 4.78 is 7.31. The van der Waals surface area contributed by atoms with E-state index in [2.05, 4.69) is 9.97 Å². The summed E-state index contributed by atoms with van der Waals surface area (Å²) in [5.41, 5.74) is 1.34. The summed E-state index contributed by atoms with van der Waals surface area (Å²) in [5.74, 6) is 0.0731. The van der Waals surface area contributed by atoms with Gasteiger partial charge in [0.25, 0.3) is 0 Å². The molecule has 3 rings (SSSR count). The topological polar surface area (TPSA) is 57.0 Å². The second-order valence-corrected chi connectivity index (χ2v) is 4.14. The Morgan fingerprint density at radius 1 is 1.21 bits per heavy atom. The third-order valence-corrected chi connectivity index (χ3v) is 2.86. The van der Waals surface area contributed by atoms with Crippen LogP contribution in [-0.4, -0.2) is 20.5 Å². The molecule has 0 N–H and O–H groups in total. The summed E-state index contributed by atoms with van der Waals surface area (Å²) in [6.07, 6.45) is 6.02. The molecule has 0 fully saturated rings. The van der Waals surface area contributed by atoms with Crippen molar-refractivity contribution in [3.63, 3.8) is 0 Å². The van der Waals surface area contributed by atoms with E-state index in [-0.39, 0.29) is 0 Å². The van der Waals surface area contributed by atoms with Gasteiger partial charge in [-0.3, -0.25) is 0 Å². The molecule has 2 heterocycles. The van der Waals surface area contributed by atoms with E-state index in [1.807, 2.05) is 35.9 Å². The predicted molar refractivity (Wildman–Crippen MR) is 69.9 cm³/mol. The van der Waals surface area contributed by atoms with Crippen molar-refractivity contribution >= 4 is 16.9 Å². The smallest absolute Gasteiger partial charge is 0.346 e. The number of rotatable bonds is 2. The summed E-state index contributed by atoms with van der Waals surface area (Å²) in [5, 5.41) is 0.898. The molecule has 1 aromatic carbocycles. The van der Waals surface area contributed by atoms with Crippen LogP contribution >= 0.6 is 0 Å². The Kier molecular flexibility index (Phi) is 2.72. The van der Waals surface area contributed by atoms with E-state index >= 15 is 0 Å². The predicted octanol–water partition coefficient (Wildman–Crippen LogP) is 2.19. The Labute approximate surface area is 109 Å². The van der Waals surface area contributed by atoms with Crippen molar-refractivity contribution in [2.24, 2.45) is 7.05 Å². The van der Waals surface area contributed by atoms with Crippen LogP contribution in [0.1, 0.15) is 10.4 Å². The maximum atomic E-state index is 12.0. The number of aromatic nitrogens is 3. The number of para-hydroxylation sites is 1. The molecule has 3 aromatic rings. The highest BCUT2D eigenvalue weighted by Gasteiger charge is 2.13. The number of hydrogen-bond donors (Lipinski definition) is 0. The third kappa shape index (κ3) is 2.06. The highest BCUT2D eigenvalue weighted by molar-refractivity contribution is 5.94. The zero-order valence-electron chi connectivity index (χ0n) is 10.3. The molecule has 0 bridgehead atoms. The molecule has 0 saturated carbocycles. The maximum Gasteiger partial charge on any atom is 0.346 e. The van der Waals surface area contributed by atoms with Gasteiger partial charge in [0, 0.05) is 31.0 Å². The molecule has 0 saturated heterocycles. The summed E-state index contributed by atoms with van der Waals surface area (Å²) in [4.78, 5) is 19.6. The number of carbonyl (C=O) groups is 1. The van der Waals surface area contributed by atoms with Crippen LogP contribution in [0, 0.1) is 0 Å². The van der Waals surface area contributed by atoms with Crippen molar-refractivity contribution in [3.8, 4) is 5.75 Å². The first kappa shape index (κ1) is 11.4. The van der Waals surface area contributed by atoms with E-state index in [1.54, 1.807) is 6.20 Å². The Morgan fingerprint density at radius 3 is 2.74 bits per heavy atom. The Balaban J connectivity index is 1.96. The van der Waals surface area contributed by atoms with Crippen molar-refractivity contribution in [2.75, 3.05) is 0 Å². The minimum absolute atomic E-state index is 0.329. The number of ether oxygens (including phenoxy) is 1. The van der Waals surface area contributed by atoms with E-state index in [4.69, 9.17) is 4.74 Å². The minimum Gasteiger partial charge on any atom is -0.421 e. The molecule has 0 unspecified atom stereocenters. The van der Waals surface area contributed by atoms with E-state index in [0.29, 0.717) is 11.3 Å². The van der Waals surface area contributed by atoms with Gasteiger partial charge >= 0.3 is 5.97 Å². The molecule has 0 aliphatic carbocycles. The highest BCUT2D eigenvalue weighted by Crippen LogP contribution is 2.27. The van der Waals surface area contributed by atoms with Crippen LogP contribution < -0.4 is 4.74 Å². The van der Waals surface area contributed by atoms with Crippen molar-refractivity contribution < 1.29 is 9.53 Å². The molecule has 5 nitrogen and oxygen atoms in total. The average molecular weight is 253 g/mol. The molecule has 0 atom stereocenters. The van der Waals surface area contributed by atoms with Crippen LogP contribution in [0.4, 0.5) is 0 Å². The maximum absolute atomic E-state index is 12.0. The van der Waals surface area contributed by atoms with Gasteiger partial charge in [-0.2, -0.15) is 0 Å². The van der Waals surface area contributed by atoms with Crippen LogP contribution in [-0.2, 0) is 7.05 Å². The number of carbonyl (C=O) groups excluding carboxylic acids is 1. The first-order valence-electron chi connectivity index (χ1n) is 5.77. The molecule has 19 heavy (non-hydrogen) atoms. The van der Waals surface area contributed by atoms with Crippen LogP contribution in [0.5, 0.6) is 5.75 Å². The van der Waals surface area contributed by atoms with Gasteiger partial charge in [0.05, 0.1) is 11.1 Å². The first-order chi connectivity index (χ1) is 9.25. The SMILES string of the molecule is Cn1cc(OC(=O)c2cncnc2)c2ccccc21. The largest absolute Gasteiger partial charge is 0.421 e. The molecule has 0 amide bonds. The average Bonchev–Trinajstić information content (AvgIpc) is 2.77. The van der Waals surface area contributed by atoms with E-state index < -0.39 is 5.97 Å². The molecule has 2 aromatic heterocycles. The number of esters is 1. The standard InChI is InChI=1S/C14H11N3O2/c1-17-8-13(11-4-2-3-5-12(11)17)19-14(18)10-6-15-9-16-7-10/h2-9H,1H3. The van der Waals surface area contributed by atoms with Gasteiger partial charge in [-0.05, 0) is 12.1 Å². The van der Waals surface area contributed by atoms with Crippen molar-refractivity contribution in [3.05, 3.63) is 54.7 Å². The third-order valence-electron chi connectivity index (χ3n) is 2.86. The van der Waals surface area contributed by atoms with Crippen molar-refractivity contribution in [1.82, 2.24) is 14.5 Å². The molecule has 0 radical (unpaired) electrons. The quantitative estimate of drug-likeness (QED) is 0.657. The van der Waals surface area contributed by atoms with Crippen molar-refractivity contribution in [1.29, 1.82) is 0 Å². The normalized spacial score (nSPS) is 10.6. The molecular formula is C14H11N3O2. The Bertz CT molecular complexity index is 735. The summed E-state index contributed by atoms with van der Waals surface area (Å²) in [6.45, 7) is 0. The molecule has 0 aliphatic heterocycles. The zero-order chi connectivity index (χ0) is 13.2. The molecule has 94 valence electrons. The lowest BCUT2D eigenvalue weighted by molar-refractivity contribution is 0.0736. The van der Waals surface area contributed by atoms with E-state index in [1.165, 1.54) is 18.7 Å².